The van der Waals surface area contributed by atoms with Gasteiger partial charge in [0.2, 0.25) is 0 Å². The van der Waals surface area contributed by atoms with Gasteiger partial charge in [0, 0.05) is 11.5 Å². The van der Waals surface area contributed by atoms with Crippen molar-refractivity contribution in [1.82, 2.24) is 0 Å². The molecule has 4 heteroatoms. The maximum atomic E-state index is 14.2. The van der Waals surface area contributed by atoms with Crippen LogP contribution in [0.25, 0.3) is 0 Å². The van der Waals surface area contributed by atoms with E-state index in [1.165, 1.54) is 6.07 Å². The zero-order chi connectivity index (χ0) is 11.5. The van der Waals surface area contributed by atoms with Gasteiger partial charge in [0.1, 0.15) is 6.17 Å². The Bertz CT molecular complexity index is 388. The van der Waals surface area contributed by atoms with E-state index in [1.807, 2.05) is 0 Å². The van der Waals surface area contributed by atoms with Crippen molar-refractivity contribution in [2.75, 3.05) is 11.5 Å². The molecule has 2 nitrogen and oxygen atoms in total. The van der Waals surface area contributed by atoms with Gasteiger partial charge in [0.05, 0.1) is 5.56 Å². The molecule has 86 valence electrons. The van der Waals surface area contributed by atoms with E-state index in [0.29, 0.717) is 5.56 Å². The molecule has 0 amide bonds. The molecule has 2 atom stereocenters. The fraction of sp³-hybridized carbons (Fsp3) is 0.417. The Hall–Kier alpha value is -1.03. The molecular weight excluding hydrogens is 227 g/mol. The van der Waals surface area contributed by atoms with Crippen molar-refractivity contribution in [2.24, 2.45) is 5.92 Å². The number of alkyl halides is 1. The minimum absolute atomic E-state index is 0.0366. The van der Waals surface area contributed by atoms with Crippen molar-refractivity contribution in [3.8, 4) is 0 Å². The van der Waals surface area contributed by atoms with Gasteiger partial charge in [-0.05, 0) is 24.0 Å². The van der Waals surface area contributed by atoms with E-state index >= 15 is 0 Å². The summed E-state index contributed by atoms with van der Waals surface area (Å²) < 4.78 is 14.2. The summed E-state index contributed by atoms with van der Waals surface area (Å²) in [5.74, 6) is 0.671. The maximum Gasteiger partial charge on any atom is 0.336 e. The molecular formula is C12H13FO2S. The number of halogens is 1. The first kappa shape index (κ1) is 11.5. The van der Waals surface area contributed by atoms with Crippen LogP contribution in [0, 0.1) is 5.92 Å². The molecule has 16 heavy (non-hydrogen) atoms. The van der Waals surface area contributed by atoms with Crippen LogP contribution >= 0.6 is 11.8 Å². The van der Waals surface area contributed by atoms with Crippen molar-refractivity contribution in [2.45, 2.75) is 12.6 Å². The van der Waals surface area contributed by atoms with Crippen LogP contribution < -0.4 is 0 Å². The van der Waals surface area contributed by atoms with E-state index in [-0.39, 0.29) is 11.5 Å². The van der Waals surface area contributed by atoms with Gasteiger partial charge >= 0.3 is 5.97 Å². The number of hydrogen-bond acceptors (Lipinski definition) is 2. The number of aromatic carboxylic acids is 1. The Morgan fingerprint density at radius 1 is 1.50 bits per heavy atom. The lowest BCUT2D eigenvalue weighted by Gasteiger charge is -2.16. The molecule has 0 saturated carbocycles. The summed E-state index contributed by atoms with van der Waals surface area (Å²) in [5.41, 5.74) is 0.411. The Morgan fingerprint density at radius 2 is 2.25 bits per heavy atom. The number of carbonyl (C=O) groups is 1. The minimum Gasteiger partial charge on any atom is -0.478 e. The van der Waals surface area contributed by atoms with Crippen LogP contribution in [0.4, 0.5) is 4.39 Å². The lowest BCUT2D eigenvalue weighted by molar-refractivity contribution is 0.0692. The minimum atomic E-state index is -1.15. The average Bonchev–Trinajstić information content (AvgIpc) is 2.81. The summed E-state index contributed by atoms with van der Waals surface area (Å²) in [5, 5.41) is 8.99. The van der Waals surface area contributed by atoms with Crippen LogP contribution in [-0.2, 0) is 0 Å². The molecule has 1 aliphatic rings. The second kappa shape index (κ2) is 4.87. The van der Waals surface area contributed by atoms with Gasteiger partial charge in [-0.1, -0.05) is 18.2 Å². The number of thioether (sulfide) groups is 1. The quantitative estimate of drug-likeness (QED) is 0.881. The fourth-order valence-corrected chi connectivity index (χ4v) is 3.24. The summed E-state index contributed by atoms with van der Waals surface area (Å²) in [7, 11) is 0. The molecule has 0 aromatic heterocycles. The van der Waals surface area contributed by atoms with Gasteiger partial charge in [-0.3, -0.25) is 0 Å². The van der Waals surface area contributed by atoms with E-state index in [4.69, 9.17) is 5.11 Å². The normalized spacial score (nSPS) is 21.9. The number of benzene rings is 1. The highest BCUT2D eigenvalue weighted by Crippen LogP contribution is 2.37. The first-order valence-electron chi connectivity index (χ1n) is 5.24. The summed E-state index contributed by atoms with van der Waals surface area (Å²) in [6, 6.07) is 6.36. The Kier molecular flexibility index (Phi) is 3.49. The zero-order valence-electron chi connectivity index (χ0n) is 8.73. The largest absolute Gasteiger partial charge is 0.478 e. The molecule has 0 spiro atoms. The monoisotopic (exact) mass is 240 g/mol. The van der Waals surface area contributed by atoms with E-state index < -0.39 is 12.1 Å². The van der Waals surface area contributed by atoms with Gasteiger partial charge in [-0.2, -0.15) is 11.8 Å². The van der Waals surface area contributed by atoms with Crippen molar-refractivity contribution < 1.29 is 14.3 Å². The highest BCUT2D eigenvalue weighted by molar-refractivity contribution is 7.99. The lowest BCUT2D eigenvalue weighted by atomic mass is 9.93. The highest BCUT2D eigenvalue weighted by atomic mass is 32.2. The van der Waals surface area contributed by atoms with Gasteiger partial charge in [-0.25, -0.2) is 9.18 Å². The number of carboxylic acids is 1. The number of hydrogen-bond donors (Lipinski definition) is 1. The summed E-state index contributed by atoms with van der Waals surface area (Å²) in [6.45, 7) is 0. The first-order chi connectivity index (χ1) is 7.70. The molecule has 2 rings (SSSR count). The number of carboxylic acid groups (broad SMARTS) is 1. The molecule has 0 radical (unpaired) electrons. The topological polar surface area (TPSA) is 37.3 Å². The maximum absolute atomic E-state index is 14.2. The Morgan fingerprint density at radius 3 is 2.88 bits per heavy atom. The Balaban J connectivity index is 2.27. The van der Waals surface area contributed by atoms with Gasteiger partial charge in [-0.15, -0.1) is 0 Å². The van der Waals surface area contributed by atoms with E-state index in [2.05, 4.69) is 0 Å². The standard InChI is InChI=1S/C12H13FO2S/c13-11(8-5-6-16-7-8)9-3-1-2-4-10(9)12(14)15/h1-4,8,11H,5-7H2,(H,14,15). The van der Waals surface area contributed by atoms with E-state index in [1.54, 1.807) is 30.0 Å². The SMILES string of the molecule is O=C(O)c1ccccc1C(F)C1CCSC1. The van der Waals surface area contributed by atoms with Crippen molar-refractivity contribution in [1.29, 1.82) is 0 Å². The van der Waals surface area contributed by atoms with E-state index in [9.17, 15) is 9.18 Å². The molecule has 1 heterocycles. The number of rotatable bonds is 3. The summed E-state index contributed by atoms with van der Waals surface area (Å²) >= 11 is 1.73. The molecule has 2 unspecified atom stereocenters. The van der Waals surface area contributed by atoms with Crippen molar-refractivity contribution in [3.63, 3.8) is 0 Å². The molecule has 0 aliphatic carbocycles. The molecule has 1 aliphatic heterocycles. The third-order valence-corrected chi connectivity index (χ3v) is 4.06. The second-order valence-corrected chi connectivity index (χ2v) is 5.07. The second-order valence-electron chi connectivity index (χ2n) is 3.92. The van der Waals surface area contributed by atoms with Crippen LogP contribution in [0.3, 0.4) is 0 Å². The zero-order valence-corrected chi connectivity index (χ0v) is 9.54. The smallest absolute Gasteiger partial charge is 0.336 e. The van der Waals surface area contributed by atoms with Crippen LogP contribution in [-0.4, -0.2) is 22.6 Å². The van der Waals surface area contributed by atoms with Crippen LogP contribution in [0.2, 0.25) is 0 Å². The predicted octanol–water partition coefficient (Wildman–Crippen LogP) is 3.15. The molecule has 0 bridgehead atoms. The van der Waals surface area contributed by atoms with E-state index in [0.717, 1.165) is 17.9 Å². The van der Waals surface area contributed by atoms with Gasteiger partial charge in [0.15, 0.2) is 0 Å². The molecule has 1 saturated heterocycles. The predicted molar refractivity (Wildman–Crippen MR) is 62.7 cm³/mol. The van der Waals surface area contributed by atoms with Crippen molar-refractivity contribution >= 4 is 17.7 Å². The Labute approximate surface area is 97.9 Å². The molecule has 1 aromatic carbocycles. The summed E-state index contributed by atoms with van der Waals surface area (Å²) in [6.07, 6.45) is -0.318. The third kappa shape index (κ3) is 2.21. The van der Waals surface area contributed by atoms with Crippen molar-refractivity contribution in [3.05, 3.63) is 35.4 Å². The summed E-state index contributed by atoms with van der Waals surface area (Å²) in [4.78, 5) is 11.0. The average molecular weight is 240 g/mol. The van der Waals surface area contributed by atoms with Crippen LogP contribution in [0.1, 0.15) is 28.5 Å². The molecule has 1 N–H and O–H groups in total. The molecule has 1 fully saturated rings. The molecule has 1 aromatic rings. The fourth-order valence-electron chi connectivity index (χ4n) is 1.97. The van der Waals surface area contributed by atoms with Crippen LogP contribution in [0.5, 0.6) is 0 Å². The highest BCUT2D eigenvalue weighted by Gasteiger charge is 2.29. The first-order valence-corrected chi connectivity index (χ1v) is 6.39. The lowest BCUT2D eigenvalue weighted by Crippen LogP contribution is -2.12. The van der Waals surface area contributed by atoms with Crippen LogP contribution in [0.15, 0.2) is 24.3 Å². The van der Waals surface area contributed by atoms with Gasteiger partial charge in [0.25, 0.3) is 0 Å². The van der Waals surface area contributed by atoms with Gasteiger partial charge < -0.3 is 5.11 Å². The third-order valence-electron chi connectivity index (χ3n) is 2.87.